The summed E-state index contributed by atoms with van der Waals surface area (Å²) in [6, 6.07) is 36.5. The molecule has 3 heteroatoms. The van der Waals surface area contributed by atoms with E-state index >= 15 is 0 Å². The largest absolute Gasteiger partial charge is 0.448 e. The van der Waals surface area contributed by atoms with Gasteiger partial charge in [-0.05, 0) is 69.8 Å². The lowest BCUT2D eigenvalue weighted by atomic mass is 9.92. The van der Waals surface area contributed by atoms with Gasteiger partial charge in [-0.15, -0.1) is 0 Å². The van der Waals surface area contributed by atoms with Crippen LogP contribution in [0.3, 0.4) is 0 Å². The number of amides is 1. The van der Waals surface area contributed by atoms with Crippen molar-refractivity contribution >= 4 is 11.7 Å². The average molecular weight is 484 g/mol. The molecule has 0 spiro atoms. The van der Waals surface area contributed by atoms with Gasteiger partial charge in [0.05, 0.1) is 6.04 Å². The predicted octanol–water partition coefficient (Wildman–Crippen LogP) is 7.92. The second-order valence-corrected chi connectivity index (χ2v) is 10.4. The Bertz CT molecular complexity index is 1460. The Morgan fingerprint density at radius 3 is 2.11 bits per heavy atom. The number of hydrogen-bond donors (Lipinski definition) is 0. The molecule has 4 aromatic carbocycles. The summed E-state index contributed by atoms with van der Waals surface area (Å²) < 4.78 is 6.04. The lowest BCUT2D eigenvalue weighted by Gasteiger charge is -2.33. The van der Waals surface area contributed by atoms with Gasteiger partial charge in [-0.25, -0.2) is 4.79 Å². The van der Waals surface area contributed by atoms with Gasteiger partial charge in [0.25, 0.3) is 0 Å². The number of benzene rings is 4. The van der Waals surface area contributed by atoms with Crippen LogP contribution in [-0.2, 0) is 4.74 Å². The molecule has 2 heterocycles. The molecule has 1 saturated heterocycles. The molecule has 1 aliphatic carbocycles. The molecule has 2 unspecified atom stereocenters. The molecule has 0 N–H and O–H groups in total. The fourth-order valence-corrected chi connectivity index (χ4v) is 6.53. The van der Waals surface area contributed by atoms with Crippen molar-refractivity contribution in [3.05, 3.63) is 126 Å². The van der Waals surface area contributed by atoms with Crippen LogP contribution in [0.4, 0.5) is 4.79 Å². The number of nitrogens with zero attached hydrogens (tertiary/aromatic N) is 1. The quantitative estimate of drug-likeness (QED) is 0.295. The second-order valence-electron chi connectivity index (χ2n) is 10.4. The fraction of sp³-hybridized carbons (Fsp3) is 0.206. The van der Waals surface area contributed by atoms with Gasteiger partial charge in [-0.1, -0.05) is 103 Å². The van der Waals surface area contributed by atoms with Crippen LogP contribution >= 0.6 is 0 Å². The molecule has 3 aliphatic rings. The first-order chi connectivity index (χ1) is 18.3. The minimum atomic E-state index is -0.178. The summed E-state index contributed by atoms with van der Waals surface area (Å²) in [7, 11) is 0. The summed E-state index contributed by atoms with van der Waals surface area (Å²) >= 11 is 0. The van der Waals surface area contributed by atoms with Crippen LogP contribution in [0, 0.1) is 0 Å². The number of carbonyl (C=O) groups excluding carboxylic acids is 1. The van der Waals surface area contributed by atoms with E-state index in [-0.39, 0.29) is 24.1 Å². The van der Waals surface area contributed by atoms with Gasteiger partial charge in [0.2, 0.25) is 0 Å². The standard InChI is InChI=1S/C34H29NO2/c36-34(37-22-33-31-15-6-4-13-29(31)30-14-5-7-16-32(30)33)35-27-17-18-28(35)21-26(20-27)25-12-8-11-24(19-25)23-9-2-1-3-10-23/h1-16,19-20,27-28,33H,17-18,21-22H2. The smallest absolute Gasteiger partial charge is 0.410 e. The van der Waals surface area contributed by atoms with Crippen LogP contribution in [-0.4, -0.2) is 29.7 Å². The summed E-state index contributed by atoms with van der Waals surface area (Å²) in [5.41, 5.74) is 10.1. The molecule has 2 bridgehead atoms. The van der Waals surface area contributed by atoms with Crippen LogP contribution in [0.5, 0.6) is 0 Å². The van der Waals surface area contributed by atoms with E-state index < -0.39 is 0 Å². The van der Waals surface area contributed by atoms with Gasteiger partial charge in [0, 0.05) is 12.0 Å². The molecule has 4 aromatic rings. The molecule has 1 amide bonds. The van der Waals surface area contributed by atoms with Crippen LogP contribution in [0.25, 0.3) is 27.8 Å². The van der Waals surface area contributed by atoms with Crippen molar-refractivity contribution in [1.82, 2.24) is 4.90 Å². The molecule has 0 aromatic heterocycles. The van der Waals surface area contributed by atoms with E-state index in [1.165, 1.54) is 44.5 Å². The van der Waals surface area contributed by atoms with Crippen LogP contribution in [0.2, 0.25) is 0 Å². The Hall–Kier alpha value is -4.11. The fourth-order valence-electron chi connectivity index (χ4n) is 6.53. The second kappa shape index (κ2) is 9.08. The Morgan fingerprint density at radius 2 is 1.38 bits per heavy atom. The summed E-state index contributed by atoms with van der Waals surface area (Å²) in [5.74, 6) is 0.0885. The molecule has 0 saturated carbocycles. The van der Waals surface area contributed by atoms with Crippen molar-refractivity contribution in [2.24, 2.45) is 0 Å². The third-order valence-corrected chi connectivity index (χ3v) is 8.28. The molecular formula is C34H29NO2. The first-order valence-electron chi connectivity index (χ1n) is 13.3. The minimum Gasteiger partial charge on any atom is -0.448 e. The third-order valence-electron chi connectivity index (χ3n) is 8.28. The highest BCUT2D eigenvalue weighted by Crippen LogP contribution is 2.45. The van der Waals surface area contributed by atoms with Crippen molar-refractivity contribution < 1.29 is 9.53 Å². The Kier molecular flexibility index (Phi) is 5.43. The zero-order chi connectivity index (χ0) is 24.8. The van der Waals surface area contributed by atoms with Gasteiger partial charge >= 0.3 is 6.09 Å². The monoisotopic (exact) mass is 483 g/mol. The third kappa shape index (κ3) is 3.86. The number of hydrogen-bond acceptors (Lipinski definition) is 2. The summed E-state index contributed by atoms with van der Waals surface area (Å²) in [6.45, 7) is 0.374. The van der Waals surface area contributed by atoms with E-state index in [4.69, 9.17) is 4.74 Å². The van der Waals surface area contributed by atoms with Crippen molar-refractivity contribution in [2.45, 2.75) is 37.3 Å². The molecule has 2 atom stereocenters. The number of ether oxygens (including phenoxy) is 1. The van der Waals surface area contributed by atoms with E-state index in [1.807, 2.05) is 11.0 Å². The SMILES string of the molecule is O=C(OCC1c2ccccc2-c2ccccc21)N1C2C=C(c3cccc(-c4ccccc4)c3)CC1CC2. The topological polar surface area (TPSA) is 29.5 Å². The summed E-state index contributed by atoms with van der Waals surface area (Å²) in [5, 5.41) is 0. The summed E-state index contributed by atoms with van der Waals surface area (Å²) in [6.07, 6.45) is 5.01. The first-order valence-corrected chi connectivity index (χ1v) is 13.3. The van der Waals surface area contributed by atoms with Gasteiger partial charge in [0.15, 0.2) is 0 Å². The first kappa shape index (κ1) is 22.1. The van der Waals surface area contributed by atoms with Crippen molar-refractivity contribution in [2.75, 3.05) is 6.61 Å². The van der Waals surface area contributed by atoms with Crippen molar-refractivity contribution in [3.63, 3.8) is 0 Å². The van der Waals surface area contributed by atoms with Crippen LogP contribution in [0.15, 0.2) is 109 Å². The molecule has 37 heavy (non-hydrogen) atoms. The molecule has 1 fully saturated rings. The molecule has 3 nitrogen and oxygen atoms in total. The molecule has 7 rings (SSSR count). The number of carbonyl (C=O) groups is 1. The maximum absolute atomic E-state index is 13.4. The minimum absolute atomic E-state index is 0.0885. The van der Waals surface area contributed by atoms with Crippen LogP contribution in [0.1, 0.15) is 41.9 Å². The maximum Gasteiger partial charge on any atom is 0.410 e. The van der Waals surface area contributed by atoms with Crippen LogP contribution < -0.4 is 0 Å². The van der Waals surface area contributed by atoms with E-state index in [1.54, 1.807) is 0 Å². The van der Waals surface area contributed by atoms with E-state index in [0.717, 1.165) is 19.3 Å². The van der Waals surface area contributed by atoms with E-state index in [2.05, 4.69) is 103 Å². The highest BCUT2D eigenvalue weighted by Gasteiger charge is 2.41. The van der Waals surface area contributed by atoms with E-state index in [9.17, 15) is 4.79 Å². The van der Waals surface area contributed by atoms with Crippen molar-refractivity contribution in [1.29, 1.82) is 0 Å². The molecule has 0 radical (unpaired) electrons. The summed E-state index contributed by atoms with van der Waals surface area (Å²) in [4.78, 5) is 15.4. The molecular weight excluding hydrogens is 454 g/mol. The van der Waals surface area contributed by atoms with Gasteiger partial charge in [-0.2, -0.15) is 0 Å². The Labute approximate surface area is 218 Å². The predicted molar refractivity (Wildman–Crippen MR) is 148 cm³/mol. The lowest BCUT2D eigenvalue weighted by Crippen LogP contribution is -2.43. The Balaban J connectivity index is 1.09. The molecule has 2 aliphatic heterocycles. The zero-order valence-corrected chi connectivity index (χ0v) is 20.7. The Morgan fingerprint density at radius 1 is 0.730 bits per heavy atom. The zero-order valence-electron chi connectivity index (χ0n) is 20.7. The van der Waals surface area contributed by atoms with E-state index in [0.29, 0.717) is 6.61 Å². The van der Waals surface area contributed by atoms with Gasteiger partial charge < -0.3 is 4.74 Å². The normalized spacial score (nSPS) is 19.8. The average Bonchev–Trinajstić information content (AvgIpc) is 3.42. The van der Waals surface area contributed by atoms with Gasteiger partial charge in [0.1, 0.15) is 6.61 Å². The van der Waals surface area contributed by atoms with Crippen molar-refractivity contribution in [3.8, 4) is 22.3 Å². The lowest BCUT2D eigenvalue weighted by molar-refractivity contribution is 0.0866. The number of rotatable bonds is 4. The number of fused-ring (bicyclic) bond motifs is 5. The molecule has 182 valence electrons. The highest BCUT2D eigenvalue weighted by atomic mass is 16.6. The van der Waals surface area contributed by atoms with Gasteiger partial charge in [-0.3, -0.25) is 4.90 Å². The highest BCUT2D eigenvalue weighted by molar-refractivity contribution is 5.80. The maximum atomic E-state index is 13.4.